The predicted octanol–water partition coefficient (Wildman–Crippen LogP) is 13.3. The third-order valence-corrected chi connectivity index (χ3v) is 10.6. The highest BCUT2D eigenvalue weighted by Crippen LogP contribution is 2.55. The van der Waals surface area contributed by atoms with Crippen LogP contribution in [0.3, 0.4) is 0 Å². The van der Waals surface area contributed by atoms with Crippen LogP contribution >= 0.6 is 0 Å². The van der Waals surface area contributed by atoms with Gasteiger partial charge in [-0.05, 0) is 95.8 Å². The first-order chi connectivity index (χ1) is 23.7. The van der Waals surface area contributed by atoms with E-state index in [-0.39, 0.29) is 5.41 Å². The summed E-state index contributed by atoms with van der Waals surface area (Å²) in [5, 5.41) is 2.57. The van der Waals surface area contributed by atoms with E-state index in [1.165, 1.54) is 106 Å². The second kappa shape index (κ2) is 12.8. The van der Waals surface area contributed by atoms with Crippen LogP contribution in [0.1, 0.15) is 69.9 Å². The van der Waals surface area contributed by atoms with Crippen LogP contribution in [0.15, 0.2) is 146 Å². The minimum atomic E-state index is 0.0515. The molecule has 0 N–H and O–H groups in total. The van der Waals surface area contributed by atoms with Gasteiger partial charge in [0.05, 0.1) is 11.0 Å². The highest BCUT2D eigenvalue weighted by Gasteiger charge is 2.42. The van der Waals surface area contributed by atoms with Crippen molar-refractivity contribution in [2.45, 2.75) is 64.2 Å². The smallest absolute Gasteiger partial charge is 0.0541 e. The van der Waals surface area contributed by atoms with E-state index in [4.69, 9.17) is 0 Å². The molecule has 2 nitrogen and oxygen atoms in total. The van der Waals surface area contributed by atoms with Crippen molar-refractivity contribution in [3.05, 3.63) is 157 Å². The second-order valence-electron chi connectivity index (χ2n) is 13.5. The van der Waals surface area contributed by atoms with Gasteiger partial charge >= 0.3 is 0 Å². The van der Waals surface area contributed by atoms with Crippen LogP contribution < -0.4 is 4.90 Å². The third-order valence-electron chi connectivity index (χ3n) is 10.6. The number of hydrogen-bond donors (Lipinski definition) is 0. The average Bonchev–Trinajstić information content (AvgIpc) is 3.62. The largest absolute Gasteiger partial charge is 0.310 e. The summed E-state index contributed by atoms with van der Waals surface area (Å²) in [6.45, 7) is 4.65. The zero-order valence-electron chi connectivity index (χ0n) is 28.2. The summed E-state index contributed by atoms with van der Waals surface area (Å²) in [4.78, 5) is 2.44. The number of nitrogens with zero attached hydrogens (tertiary/aromatic N) is 2. The molecule has 0 amide bonds. The quantitative estimate of drug-likeness (QED) is 0.130. The molecule has 0 fully saturated rings. The lowest BCUT2D eigenvalue weighted by molar-refractivity contribution is 0.410. The van der Waals surface area contributed by atoms with Crippen molar-refractivity contribution in [3.63, 3.8) is 0 Å². The van der Waals surface area contributed by atoms with Crippen LogP contribution in [0.25, 0.3) is 38.6 Å². The second-order valence-corrected chi connectivity index (χ2v) is 13.5. The maximum absolute atomic E-state index is 2.53. The van der Waals surface area contributed by atoms with Crippen LogP contribution in [0.2, 0.25) is 0 Å². The summed E-state index contributed by atoms with van der Waals surface area (Å²) in [5.74, 6) is 0. The van der Waals surface area contributed by atoms with Crippen molar-refractivity contribution in [3.8, 4) is 16.8 Å². The summed E-state index contributed by atoms with van der Waals surface area (Å²) >= 11 is 0. The minimum Gasteiger partial charge on any atom is -0.310 e. The molecular formula is C46H44N2. The number of anilines is 3. The van der Waals surface area contributed by atoms with Gasteiger partial charge in [-0.1, -0.05) is 131 Å². The molecule has 1 atom stereocenters. The highest BCUT2D eigenvalue weighted by atomic mass is 15.1. The summed E-state index contributed by atoms with van der Waals surface area (Å²) in [6, 6.07) is 54.0. The summed E-state index contributed by atoms with van der Waals surface area (Å²) in [7, 11) is 0. The molecule has 0 bridgehead atoms. The van der Waals surface area contributed by atoms with Crippen LogP contribution in [-0.4, -0.2) is 4.57 Å². The first-order valence-electron chi connectivity index (χ1n) is 17.9. The van der Waals surface area contributed by atoms with Crippen molar-refractivity contribution >= 4 is 38.9 Å². The van der Waals surface area contributed by atoms with Gasteiger partial charge in [0.1, 0.15) is 0 Å². The fraction of sp³-hybridized carbons (Fsp3) is 0.217. The van der Waals surface area contributed by atoms with Gasteiger partial charge in [0, 0.05) is 38.9 Å². The lowest BCUT2D eigenvalue weighted by atomic mass is 9.70. The molecule has 0 aliphatic heterocycles. The number of fused-ring (bicyclic) bond motifs is 6. The molecule has 1 aliphatic carbocycles. The lowest BCUT2D eigenvalue weighted by Gasteiger charge is -2.34. The molecule has 48 heavy (non-hydrogen) atoms. The SMILES string of the molecule is CCCCCC1(CCCC)c2ccccc2-c2ccc(N(c3ccccc3)c3ccc(-n4c5ccccc5c5ccccc54)cc3)cc21. The van der Waals surface area contributed by atoms with Gasteiger partial charge in [-0.3, -0.25) is 0 Å². The number of para-hydroxylation sites is 3. The maximum Gasteiger partial charge on any atom is 0.0541 e. The van der Waals surface area contributed by atoms with Crippen molar-refractivity contribution < 1.29 is 0 Å². The molecule has 2 heteroatoms. The number of rotatable bonds is 11. The molecule has 1 heterocycles. The van der Waals surface area contributed by atoms with Crippen LogP contribution in [0.5, 0.6) is 0 Å². The Labute approximate surface area is 285 Å². The number of aromatic nitrogens is 1. The maximum atomic E-state index is 2.53. The summed E-state index contributed by atoms with van der Waals surface area (Å²) in [6.07, 6.45) is 8.61. The average molecular weight is 625 g/mol. The van der Waals surface area contributed by atoms with Gasteiger partial charge < -0.3 is 9.47 Å². The van der Waals surface area contributed by atoms with E-state index in [1.54, 1.807) is 0 Å². The van der Waals surface area contributed by atoms with Crippen molar-refractivity contribution in [1.29, 1.82) is 0 Å². The first kappa shape index (κ1) is 30.3. The number of benzene rings is 6. The van der Waals surface area contributed by atoms with Gasteiger partial charge in [-0.15, -0.1) is 0 Å². The van der Waals surface area contributed by atoms with Crippen molar-refractivity contribution in [2.75, 3.05) is 4.90 Å². The third kappa shape index (κ3) is 5.02. The Morgan fingerprint density at radius 2 is 1.04 bits per heavy atom. The van der Waals surface area contributed by atoms with Crippen LogP contribution in [-0.2, 0) is 5.41 Å². The Bertz CT molecular complexity index is 2140. The van der Waals surface area contributed by atoms with Crippen LogP contribution in [0.4, 0.5) is 17.1 Å². The first-order valence-corrected chi connectivity index (χ1v) is 17.9. The predicted molar refractivity (Wildman–Crippen MR) is 205 cm³/mol. The molecule has 7 aromatic rings. The van der Waals surface area contributed by atoms with Gasteiger partial charge in [0.2, 0.25) is 0 Å². The zero-order valence-corrected chi connectivity index (χ0v) is 28.2. The van der Waals surface area contributed by atoms with Gasteiger partial charge in [0.25, 0.3) is 0 Å². The van der Waals surface area contributed by atoms with E-state index in [0.29, 0.717) is 0 Å². The number of unbranched alkanes of at least 4 members (excludes halogenated alkanes) is 3. The fourth-order valence-electron chi connectivity index (χ4n) is 8.38. The molecule has 0 spiro atoms. The highest BCUT2D eigenvalue weighted by molar-refractivity contribution is 6.09. The van der Waals surface area contributed by atoms with Gasteiger partial charge in [-0.2, -0.15) is 0 Å². The Kier molecular flexibility index (Phi) is 8.10. The topological polar surface area (TPSA) is 8.17 Å². The van der Waals surface area contributed by atoms with E-state index in [2.05, 4.69) is 169 Å². The molecule has 0 radical (unpaired) electrons. The molecular weight excluding hydrogens is 581 g/mol. The van der Waals surface area contributed by atoms with Gasteiger partial charge in [-0.25, -0.2) is 0 Å². The molecule has 8 rings (SSSR count). The number of hydrogen-bond acceptors (Lipinski definition) is 1. The molecule has 1 aromatic heterocycles. The fourth-order valence-corrected chi connectivity index (χ4v) is 8.38. The van der Waals surface area contributed by atoms with E-state index < -0.39 is 0 Å². The van der Waals surface area contributed by atoms with Crippen LogP contribution in [0, 0.1) is 0 Å². The Morgan fingerprint density at radius 3 is 1.75 bits per heavy atom. The standard InChI is InChI=1S/C46H44N2/c1-3-5-16-32-46(31-6-4-2)42-22-13-10-19-38(42)39-30-29-37(33-43(39)46)47(34-17-8-7-9-18-34)35-25-27-36(28-26-35)48-44-23-14-11-20-40(44)41-21-12-15-24-45(41)48/h7-15,17-30,33H,3-6,16,31-32H2,1-2H3. The molecule has 6 aromatic carbocycles. The normalized spacial score (nSPS) is 15.1. The Morgan fingerprint density at radius 1 is 0.479 bits per heavy atom. The summed E-state index contributed by atoms with van der Waals surface area (Å²) < 4.78 is 2.40. The van der Waals surface area contributed by atoms with E-state index in [0.717, 1.165) is 5.69 Å². The van der Waals surface area contributed by atoms with E-state index in [1.807, 2.05) is 0 Å². The monoisotopic (exact) mass is 624 g/mol. The van der Waals surface area contributed by atoms with Gasteiger partial charge in [0.15, 0.2) is 0 Å². The molecule has 0 saturated carbocycles. The van der Waals surface area contributed by atoms with E-state index >= 15 is 0 Å². The Hall–Kier alpha value is -5.08. The summed E-state index contributed by atoms with van der Waals surface area (Å²) in [5.41, 5.74) is 13.1. The molecule has 1 unspecified atom stereocenters. The van der Waals surface area contributed by atoms with Crippen molar-refractivity contribution in [2.24, 2.45) is 0 Å². The zero-order chi connectivity index (χ0) is 32.5. The Balaban J connectivity index is 1.26. The van der Waals surface area contributed by atoms with Crippen molar-refractivity contribution in [1.82, 2.24) is 4.57 Å². The van der Waals surface area contributed by atoms with E-state index in [9.17, 15) is 0 Å². The lowest BCUT2D eigenvalue weighted by Crippen LogP contribution is -2.26. The molecule has 0 saturated heterocycles. The minimum absolute atomic E-state index is 0.0515. The molecule has 1 aliphatic rings. The molecule has 238 valence electrons.